The molecule has 0 aliphatic heterocycles. The SMILES string of the molecule is C[N+](C)(C)CC(CCC(O)(O)CCCCCCCCCCCCc1cccc(I)c1)OP(=O)([O-])O. The second-order valence-corrected chi connectivity index (χ2v) is 13.2. The summed E-state index contributed by atoms with van der Waals surface area (Å²) in [6, 6.07) is 8.73. The minimum Gasteiger partial charge on any atom is -0.756 e. The largest absolute Gasteiger partial charge is 0.756 e. The summed E-state index contributed by atoms with van der Waals surface area (Å²) in [5, 5.41) is 20.5. The van der Waals surface area contributed by atoms with E-state index in [9.17, 15) is 19.7 Å². The van der Waals surface area contributed by atoms with Gasteiger partial charge in [-0.25, -0.2) is 0 Å². The van der Waals surface area contributed by atoms with Crippen molar-refractivity contribution in [1.29, 1.82) is 0 Å². The molecule has 3 N–H and O–H groups in total. The second kappa shape index (κ2) is 16.7. The number of aryl methyl sites for hydroxylation is 1. The van der Waals surface area contributed by atoms with Crippen LogP contribution in [-0.4, -0.2) is 59.2 Å². The van der Waals surface area contributed by atoms with Crippen LogP contribution in [0.3, 0.4) is 0 Å². The van der Waals surface area contributed by atoms with Crippen LogP contribution in [-0.2, 0) is 15.5 Å². The van der Waals surface area contributed by atoms with E-state index in [4.69, 9.17) is 9.42 Å². The van der Waals surface area contributed by atoms with Crippen molar-refractivity contribution in [3.63, 3.8) is 0 Å². The summed E-state index contributed by atoms with van der Waals surface area (Å²) in [7, 11) is 0.752. The Bertz CT molecular complexity index is 750. The van der Waals surface area contributed by atoms with E-state index in [0.29, 0.717) is 17.4 Å². The van der Waals surface area contributed by atoms with E-state index >= 15 is 0 Å². The predicted octanol–water partition coefficient (Wildman–Crippen LogP) is 5.14. The minimum atomic E-state index is -4.88. The van der Waals surface area contributed by atoms with Crippen molar-refractivity contribution in [2.75, 3.05) is 27.7 Å². The molecular formula is C26H47INO6P. The van der Waals surface area contributed by atoms with Crippen LogP contribution in [0.25, 0.3) is 0 Å². The van der Waals surface area contributed by atoms with E-state index in [2.05, 4.69) is 46.9 Å². The first-order valence-corrected chi connectivity index (χ1v) is 15.6. The Morgan fingerprint density at radius 1 is 0.971 bits per heavy atom. The number of hydrogen-bond acceptors (Lipinski definition) is 5. The van der Waals surface area contributed by atoms with Crippen molar-refractivity contribution in [2.45, 2.75) is 102 Å². The molecule has 1 aromatic rings. The Labute approximate surface area is 226 Å². The zero-order valence-corrected chi connectivity index (χ0v) is 24.9. The number of likely N-dealkylation sites (N-methyl/N-ethyl adjacent to an activating group) is 1. The van der Waals surface area contributed by atoms with Crippen molar-refractivity contribution in [3.05, 3.63) is 33.4 Å². The lowest BCUT2D eigenvalue weighted by Crippen LogP contribution is -2.43. The van der Waals surface area contributed by atoms with E-state index in [1.54, 1.807) is 0 Å². The molecule has 7 nitrogen and oxygen atoms in total. The molecule has 1 aromatic carbocycles. The van der Waals surface area contributed by atoms with Crippen molar-refractivity contribution in [2.24, 2.45) is 0 Å². The molecule has 0 bridgehead atoms. The average Bonchev–Trinajstić information content (AvgIpc) is 2.71. The fourth-order valence-electron chi connectivity index (χ4n) is 4.34. The lowest BCUT2D eigenvalue weighted by Gasteiger charge is -2.32. The quantitative estimate of drug-likeness (QED) is 0.0608. The molecule has 0 aliphatic rings. The summed E-state index contributed by atoms with van der Waals surface area (Å²) in [6.45, 7) is 0.329. The summed E-state index contributed by atoms with van der Waals surface area (Å²) in [6.07, 6.45) is 12.3. The van der Waals surface area contributed by atoms with Gasteiger partial charge in [0, 0.05) is 16.4 Å². The molecule has 35 heavy (non-hydrogen) atoms. The number of benzene rings is 1. The van der Waals surface area contributed by atoms with Gasteiger partial charge in [-0.05, 0) is 66.0 Å². The number of hydrogen-bond donors (Lipinski definition) is 3. The Morgan fingerprint density at radius 2 is 1.51 bits per heavy atom. The monoisotopic (exact) mass is 627 g/mol. The highest BCUT2D eigenvalue weighted by molar-refractivity contribution is 14.1. The van der Waals surface area contributed by atoms with Gasteiger partial charge in [0.25, 0.3) is 7.82 Å². The molecule has 0 fully saturated rings. The van der Waals surface area contributed by atoms with E-state index in [1.165, 1.54) is 60.5 Å². The zero-order chi connectivity index (χ0) is 26.4. The maximum absolute atomic E-state index is 11.1. The van der Waals surface area contributed by atoms with E-state index < -0.39 is 19.7 Å². The summed E-state index contributed by atoms with van der Waals surface area (Å²) in [5.41, 5.74) is 1.43. The first kappa shape index (κ1) is 33.0. The number of nitrogens with zero attached hydrogens (tertiary/aromatic N) is 1. The maximum Gasteiger partial charge on any atom is 0.265 e. The fraction of sp³-hybridized carbons (Fsp3) is 0.769. The smallest absolute Gasteiger partial charge is 0.265 e. The molecule has 0 aliphatic carbocycles. The minimum absolute atomic E-state index is 0.00116. The zero-order valence-electron chi connectivity index (χ0n) is 21.8. The topological polar surface area (TPSA) is 110 Å². The van der Waals surface area contributed by atoms with Gasteiger partial charge in [-0.15, -0.1) is 0 Å². The molecule has 0 spiro atoms. The molecular weight excluding hydrogens is 580 g/mol. The maximum atomic E-state index is 11.1. The third kappa shape index (κ3) is 19.7. The number of aliphatic hydroxyl groups is 2. The number of quaternary nitrogens is 1. The van der Waals surface area contributed by atoms with E-state index in [0.717, 1.165) is 12.8 Å². The number of phosphoric acid groups is 1. The third-order valence-electron chi connectivity index (χ3n) is 6.08. The van der Waals surface area contributed by atoms with Gasteiger partial charge < -0.3 is 29.0 Å². The molecule has 2 unspecified atom stereocenters. The van der Waals surface area contributed by atoms with Gasteiger partial charge in [-0.2, -0.15) is 0 Å². The first-order chi connectivity index (χ1) is 16.3. The van der Waals surface area contributed by atoms with Gasteiger partial charge in [0.05, 0.1) is 21.1 Å². The van der Waals surface area contributed by atoms with Gasteiger partial charge in [-0.3, -0.25) is 4.57 Å². The number of unbranched alkanes of at least 4 members (excludes halogenated alkanes) is 9. The normalized spacial score (nSPS) is 15.2. The molecule has 0 heterocycles. The van der Waals surface area contributed by atoms with Crippen molar-refractivity contribution in [1.82, 2.24) is 0 Å². The van der Waals surface area contributed by atoms with Crippen LogP contribution >= 0.6 is 30.4 Å². The Kier molecular flexibility index (Phi) is 15.7. The van der Waals surface area contributed by atoms with Gasteiger partial charge in [-0.1, -0.05) is 63.5 Å². The van der Waals surface area contributed by atoms with Crippen LogP contribution < -0.4 is 4.89 Å². The van der Waals surface area contributed by atoms with Crippen LogP contribution in [0, 0.1) is 3.57 Å². The number of phosphoric ester groups is 1. The first-order valence-electron chi connectivity index (χ1n) is 13.0. The van der Waals surface area contributed by atoms with Crippen LogP contribution in [0.5, 0.6) is 0 Å². The average molecular weight is 628 g/mol. The van der Waals surface area contributed by atoms with Crippen molar-refractivity contribution < 1.29 is 33.6 Å². The molecule has 204 valence electrons. The van der Waals surface area contributed by atoms with Gasteiger partial charge >= 0.3 is 0 Å². The third-order valence-corrected chi connectivity index (χ3v) is 7.32. The standard InChI is InChI=1S/C26H47INO6P/c1-28(2,3)22-25(34-35(31,32)33)18-20-26(29,30)19-13-11-9-7-5-4-6-8-10-12-15-23-16-14-17-24(27)21-23/h14,16-17,21,25,29-30H,4-13,15,18-20,22H2,1-3H3,(H-,31,32,33). The lowest BCUT2D eigenvalue weighted by atomic mass is 9.99. The van der Waals surface area contributed by atoms with Crippen molar-refractivity contribution >= 4 is 30.4 Å². The fourth-order valence-corrected chi connectivity index (χ4v) is 5.49. The molecule has 0 amide bonds. The summed E-state index contributed by atoms with van der Waals surface area (Å²) >= 11 is 2.36. The second-order valence-electron chi connectivity index (χ2n) is 10.9. The van der Waals surface area contributed by atoms with E-state index in [-0.39, 0.29) is 19.3 Å². The van der Waals surface area contributed by atoms with Crippen molar-refractivity contribution in [3.8, 4) is 0 Å². The lowest BCUT2D eigenvalue weighted by molar-refractivity contribution is -0.873. The molecule has 0 aromatic heterocycles. The number of rotatable bonds is 20. The molecule has 0 saturated carbocycles. The molecule has 0 radical (unpaired) electrons. The molecule has 9 heteroatoms. The molecule has 2 atom stereocenters. The Morgan fingerprint density at radius 3 is 2.03 bits per heavy atom. The van der Waals surface area contributed by atoms with Gasteiger partial charge in [0.2, 0.25) is 0 Å². The van der Waals surface area contributed by atoms with Crippen LogP contribution in [0.4, 0.5) is 0 Å². The van der Waals surface area contributed by atoms with Crippen LogP contribution in [0.2, 0.25) is 0 Å². The predicted molar refractivity (Wildman–Crippen MR) is 148 cm³/mol. The highest BCUT2D eigenvalue weighted by atomic mass is 127. The van der Waals surface area contributed by atoms with Gasteiger partial charge in [0.15, 0.2) is 5.79 Å². The summed E-state index contributed by atoms with van der Waals surface area (Å²) in [4.78, 5) is 20.2. The molecule has 0 saturated heterocycles. The highest BCUT2D eigenvalue weighted by Gasteiger charge is 2.28. The highest BCUT2D eigenvalue weighted by Crippen LogP contribution is 2.35. The van der Waals surface area contributed by atoms with Gasteiger partial charge in [0.1, 0.15) is 12.6 Å². The Balaban J connectivity index is 2.07. The van der Waals surface area contributed by atoms with Crippen LogP contribution in [0.15, 0.2) is 24.3 Å². The summed E-state index contributed by atoms with van der Waals surface area (Å²) < 4.78 is 17.6. The molecule has 1 rings (SSSR count). The van der Waals surface area contributed by atoms with Crippen LogP contribution in [0.1, 0.15) is 89.0 Å². The summed E-state index contributed by atoms with van der Waals surface area (Å²) in [5.74, 6) is -1.85. The Hall–Kier alpha value is -0.0600. The number of halogens is 1. The van der Waals surface area contributed by atoms with E-state index in [1.807, 2.05) is 21.1 Å².